The van der Waals surface area contributed by atoms with E-state index in [2.05, 4.69) is 15.3 Å². The molecule has 0 radical (unpaired) electrons. The standard InChI is InChI=1S/C21H19FN4O3/c1-13-23-20(29-24-13)19-11-18(25-28-2)12-26(19)21(27)16-5-3-14(4-6-16)15-7-9-17(22)10-8-15/h3-10,19H,11-12H2,1-2H3/b25-18+. The zero-order valence-electron chi connectivity index (χ0n) is 16.0. The number of carbonyl (C=O) groups excluding carboxylic acids is 1. The van der Waals surface area contributed by atoms with Gasteiger partial charge in [-0.2, -0.15) is 4.98 Å². The van der Waals surface area contributed by atoms with Crippen molar-refractivity contribution in [2.75, 3.05) is 13.7 Å². The molecule has 148 valence electrons. The van der Waals surface area contributed by atoms with E-state index in [0.717, 1.165) is 16.8 Å². The Morgan fingerprint density at radius 2 is 1.83 bits per heavy atom. The summed E-state index contributed by atoms with van der Waals surface area (Å²) in [4.78, 5) is 24.0. The first-order valence-corrected chi connectivity index (χ1v) is 9.11. The topological polar surface area (TPSA) is 80.8 Å². The normalized spacial score (nSPS) is 17.7. The summed E-state index contributed by atoms with van der Waals surface area (Å²) < 4.78 is 18.4. The number of aromatic nitrogens is 2. The molecule has 1 saturated heterocycles. The molecule has 0 bridgehead atoms. The van der Waals surface area contributed by atoms with Gasteiger partial charge in [0.05, 0.1) is 12.3 Å². The first-order valence-electron chi connectivity index (χ1n) is 9.11. The number of benzene rings is 2. The lowest BCUT2D eigenvalue weighted by molar-refractivity contribution is 0.0713. The number of hydrogen-bond donors (Lipinski definition) is 0. The maximum atomic E-state index is 13.2. The predicted molar refractivity (Wildman–Crippen MR) is 104 cm³/mol. The highest BCUT2D eigenvalue weighted by Crippen LogP contribution is 2.31. The number of oxime groups is 1. The van der Waals surface area contributed by atoms with Crippen molar-refractivity contribution >= 4 is 11.6 Å². The molecule has 29 heavy (non-hydrogen) atoms. The zero-order chi connectivity index (χ0) is 20.4. The van der Waals surface area contributed by atoms with Crippen LogP contribution in [0, 0.1) is 12.7 Å². The lowest BCUT2D eigenvalue weighted by Crippen LogP contribution is -2.31. The third-order valence-electron chi connectivity index (χ3n) is 4.78. The highest BCUT2D eigenvalue weighted by molar-refractivity contribution is 6.00. The Kier molecular flexibility index (Phi) is 5.07. The van der Waals surface area contributed by atoms with Gasteiger partial charge in [0.15, 0.2) is 5.82 Å². The van der Waals surface area contributed by atoms with Crippen LogP contribution in [0.1, 0.15) is 34.5 Å². The predicted octanol–water partition coefficient (Wildman–Crippen LogP) is 3.77. The Bertz CT molecular complexity index is 1040. The average molecular weight is 394 g/mol. The van der Waals surface area contributed by atoms with Crippen molar-refractivity contribution in [1.82, 2.24) is 15.0 Å². The third kappa shape index (κ3) is 3.87. The summed E-state index contributed by atoms with van der Waals surface area (Å²) in [5, 5.41) is 7.82. The van der Waals surface area contributed by atoms with Crippen LogP contribution in [0.2, 0.25) is 0 Å². The largest absolute Gasteiger partial charge is 0.399 e. The molecule has 2 aromatic carbocycles. The first-order chi connectivity index (χ1) is 14.0. The maximum Gasteiger partial charge on any atom is 0.254 e. The SMILES string of the molecule is CO/N=C1\CC(c2nc(C)no2)N(C(=O)c2ccc(-c3ccc(F)cc3)cc2)C1. The van der Waals surface area contributed by atoms with Crippen LogP contribution in [0.25, 0.3) is 11.1 Å². The van der Waals surface area contributed by atoms with Crippen molar-refractivity contribution in [1.29, 1.82) is 0 Å². The van der Waals surface area contributed by atoms with Crippen molar-refractivity contribution in [2.24, 2.45) is 5.16 Å². The smallest absolute Gasteiger partial charge is 0.254 e. The van der Waals surface area contributed by atoms with Crippen LogP contribution in [0.3, 0.4) is 0 Å². The number of carbonyl (C=O) groups is 1. The highest BCUT2D eigenvalue weighted by Gasteiger charge is 2.38. The van der Waals surface area contributed by atoms with Gasteiger partial charge in [0.1, 0.15) is 19.0 Å². The van der Waals surface area contributed by atoms with E-state index < -0.39 is 6.04 Å². The number of rotatable bonds is 4. The molecular formula is C21H19FN4O3. The molecule has 1 aliphatic rings. The van der Waals surface area contributed by atoms with Crippen molar-refractivity contribution in [3.63, 3.8) is 0 Å². The minimum atomic E-state index is -0.394. The molecule has 0 saturated carbocycles. The van der Waals surface area contributed by atoms with Gasteiger partial charge < -0.3 is 14.3 Å². The maximum absolute atomic E-state index is 13.2. The van der Waals surface area contributed by atoms with Gasteiger partial charge in [0.25, 0.3) is 5.91 Å². The van der Waals surface area contributed by atoms with Crippen molar-refractivity contribution < 1.29 is 18.5 Å². The van der Waals surface area contributed by atoms with Crippen LogP contribution in [0.15, 0.2) is 58.2 Å². The summed E-state index contributed by atoms with van der Waals surface area (Å²) in [6, 6.07) is 13.0. The zero-order valence-corrected chi connectivity index (χ0v) is 16.0. The van der Waals surface area contributed by atoms with Gasteiger partial charge in [-0.3, -0.25) is 4.79 Å². The van der Waals surface area contributed by atoms with Gasteiger partial charge in [-0.25, -0.2) is 4.39 Å². The molecule has 1 aromatic heterocycles. The molecule has 0 aliphatic carbocycles. The molecule has 1 fully saturated rings. The summed E-state index contributed by atoms with van der Waals surface area (Å²) in [5.74, 6) is 0.427. The van der Waals surface area contributed by atoms with Crippen LogP contribution in [0.4, 0.5) is 4.39 Å². The van der Waals surface area contributed by atoms with E-state index >= 15 is 0 Å². The van der Waals surface area contributed by atoms with Gasteiger partial charge in [0.2, 0.25) is 5.89 Å². The molecule has 0 N–H and O–H groups in total. The lowest BCUT2D eigenvalue weighted by Gasteiger charge is -2.21. The molecular weight excluding hydrogens is 375 g/mol. The van der Waals surface area contributed by atoms with Crippen LogP contribution >= 0.6 is 0 Å². The van der Waals surface area contributed by atoms with Gasteiger partial charge in [-0.05, 0) is 42.3 Å². The summed E-state index contributed by atoms with van der Waals surface area (Å²) in [7, 11) is 1.47. The van der Waals surface area contributed by atoms with E-state index in [1.54, 1.807) is 36.1 Å². The van der Waals surface area contributed by atoms with E-state index in [4.69, 9.17) is 9.36 Å². The van der Waals surface area contributed by atoms with E-state index in [-0.39, 0.29) is 11.7 Å². The number of aryl methyl sites for hydroxylation is 1. The van der Waals surface area contributed by atoms with Crippen LogP contribution < -0.4 is 0 Å². The Hall–Kier alpha value is -3.55. The van der Waals surface area contributed by atoms with Crippen molar-refractivity contribution in [3.05, 3.63) is 71.6 Å². The molecule has 2 heterocycles. The minimum Gasteiger partial charge on any atom is -0.399 e. The van der Waals surface area contributed by atoms with E-state index in [0.29, 0.717) is 30.2 Å². The second-order valence-electron chi connectivity index (χ2n) is 6.76. The molecule has 7 nitrogen and oxygen atoms in total. The third-order valence-corrected chi connectivity index (χ3v) is 4.78. The van der Waals surface area contributed by atoms with E-state index in [1.165, 1.54) is 19.2 Å². The fraction of sp³-hybridized carbons (Fsp3) is 0.238. The summed E-state index contributed by atoms with van der Waals surface area (Å²) >= 11 is 0. The number of hydrogen-bond acceptors (Lipinski definition) is 6. The second kappa shape index (κ2) is 7.83. The Labute approximate surface area is 166 Å². The molecule has 1 unspecified atom stereocenters. The van der Waals surface area contributed by atoms with Gasteiger partial charge in [-0.15, -0.1) is 0 Å². The van der Waals surface area contributed by atoms with Crippen LogP contribution in [-0.4, -0.2) is 40.3 Å². The first kappa shape index (κ1) is 18.8. The molecule has 1 atom stereocenters. The molecule has 4 rings (SSSR count). The second-order valence-corrected chi connectivity index (χ2v) is 6.76. The fourth-order valence-electron chi connectivity index (χ4n) is 3.40. The Morgan fingerprint density at radius 3 is 2.41 bits per heavy atom. The van der Waals surface area contributed by atoms with Gasteiger partial charge >= 0.3 is 0 Å². The number of amides is 1. The minimum absolute atomic E-state index is 0.169. The lowest BCUT2D eigenvalue weighted by atomic mass is 10.0. The molecule has 8 heteroatoms. The molecule has 0 spiro atoms. The van der Waals surface area contributed by atoms with Gasteiger partial charge in [-0.1, -0.05) is 34.6 Å². The molecule has 3 aromatic rings. The van der Waals surface area contributed by atoms with Crippen molar-refractivity contribution in [2.45, 2.75) is 19.4 Å². The number of likely N-dealkylation sites (tertiary alicyclic amines) is 1. The van der Waals surface area contributed by atoms with Crippen LogP contribution in [0.5, 0.6) is 0 Å². The quantitative estimate of drug-likeness (QED) is 0.629. The number of nitrogens with zero attached hydrogens (tertiary/aromatic N) is 4. The summed E-state index contributed by atoms with van der Waals surface area (Å²) in [5.41, 5.74) is 3.02. The van der Waals surface area contributed by atoms with Crippen LogP contribution in [-0.2, 0) is 4.84 Å². The molecule has 1 aliphatic heterocycles. The van der Waals surface area contributed by atoms with E-state index in [1.807, 2.05) is 12.1 Å². The fourth-order valence-corrected chi connectivity index (χ4v) is 3.40. The highest BCUT2D eigenvalue weighted by atomic mass is 19.1. The summed E-state index contributed by atoms with van der Waals surface area (Å²) in [6.07, 6.45) is 0.467. The molecule has 1 amide bonds. The summed E-state index contributed by atoms with van der Waals surface area (Å²) in [6.45, 7) is 2.05. The van der Waals surface area contributed by atoms with Gasteiger partial charge in [0, 0.05) is 12.0 Å². The van der Waals surface area contributed by atoms with E-state index in [9.17, 15) is 9.18 Å². The monoisotopic (exact) mass is 394 g/mol. The Balaban J connectivity index is 1.59. The number of halogens is 1. The Morgan fingerprint density at radius 1 is 1.17 bits per heavy atom. The van der Waals surface area contributed by atoms with Crippen molar-refractivity contribution in [3.8, 4) is 11.1 Å². The average Bonchev–Trinajstić information content (AvgIpc) is 3.35.